The molecule has 1 N–H and O–H groups in total. The van der Waals surface area contributed by atoms with Gasteiger partial charge in [0, 0.05) is 18.2 Å². The van der Waals surface area contributed by atoms with Gasteiger partial charge in [-0.15, -0.1) is 0 Å². The number of hydrogen-bond acceptors (Lipinski definition) is 2. The van der Waals surface area contributed by atoms with E-state index in [1.807, 2.05) is 6.92 Å². The maximum atomic E-state index is 13.9. The number of nitrogens with one attached hydrogen (secondary N) is 1. The van der Waals surface area contributed by atoms with Gasteiger partial charge in [0.15, 0.2) is 0 Å². The van der Waals surface area contributed by atoms with Crippen LogP contribution in [0.15, 0.2) is 18.2 Å². The van der Waals surface area contributed by atoms with Gasteiger partial charge in [0.2, 0.25) is 0 Å². The molecule has 2 unspecified atom stereocenters. The summed E-state index contributed by atoms with van der Waals surface area (Å²) in [6, 6.07) is 4.72. The predicted molar refractivity (Wildman–Crippen MR) is 82.8 cm³/mol. The molecule has 0 fully saturated rings. The Bertz CT molecular complexity index is 431. The molecule has 0 saturated carbocycles. The Morgan fingerprint density at radius 1 is 1.35 bits per heavy atom. The molecule has 1 rings (SSSR count). The Hall–Kier alpha value is -0.640. The number of hydrogen-bond donors (Lipinski definition) is 1. The van der Waals surface area contributed by atoms with Crippen LogP contribution in [0.2, 0.25) is 5.02 Å². The van der Waals surface area contributed by atoms with Crippen LogP contribution < -0.4 is 5.32 Å². The molecule has 0 amide bonds. The van der Waals surface area contributed by atoms with Crippen molar-refractivity contribution in [2.45, 2.75) is 46.3 Å². The van der Waals surface area contributed by atoms with Crippen molar-refractivity contribution < 1.29 is 9.13 Å². The Labute approximate surface area is 126 Å². The number of halogens is 2. The smallest absolute Gasteiger partial charge is 0.126 e. The summed E-state index contributed by atoms with van der Waals surface area (Å²) in [6.45, 7) is 9.22. The molecule has 2 atom stereocenters. The molecule has 0 aliphatic rings. The summed E-state index contributed by atoms with van der Waals surface area (Å²) < 4.78 is 19.6. The highest BCUT2D eigenvalue weighted by atomic mass is 35.5. The maximum Gasteiger partial charge on any atom is 0.126 e. The third-order valence-electron chi connectivity index (χ3n) is 3.39. The standard InChI is InChI=1S/C16H25ClFNO/c1-6-19-14(15(20-5)16(2,3)4)10-11-9-12(17)7-8-13(11)18/h7-9,14-15,19H,6,10H2,1-5H3. The molecule has 0 aromatic heterocycles. The Kier molecular flexibility index (Phi) is 6.44. The minimum Gasteiger partial charge on any atom is -0.379 e. The van der Waals surface area contributed by atoms with Crippen molar-refractivity contribution in [2.75, 3.05) is 13.7 Å². The van der Waals surface area contributed by atoms with Crippen LogP contribution in [-0.2, 0) is 11.2 Å². The van der Waals surface area contributed by atoms with Gasteiger partial charge in [-0.1, -0.05) is 39.3 Å². The number of benzene rings is 1. The molecule has 1 aromatic carbocycles. The molecular formula is C16H25ClFNO. The fraction of sp³-hybridized carbons (Fsp3) is 0.625. The maximum absolute atomic E-state index is 13.9. The SMILES string of the molecule is CCNC(Cc1cc(Cl)ccc1F)C(OC)C(C)(C)C. The van der Waals surface area contributed by atoms with E-state index in [4.69, 9.17) is 16.3 Å². The van der Waals surface area contributed by atoms with Gasteiger partial charge in [-0.3, -0.25) is 0 Å². The van der Waals surface area contributed by atoms with E-state index in [0.717, 1.165) is 6.54 Å². The molecule has 4 heteroatoms. The van der Waals surface area contributed by atoms with E-state index in [-0.39, 0.29) is 23.4 Å². The lowest BCUT2D eigenvalue weighted by molar-refractivity contribution is -0.0108. The van der Waals surface area contributed by atoms with Crippen molar-refractivity contribution in [1.82, 2.24) is 5.32 Å². The normalized spacial score (nSPS) is 15.2. The summed E-state index contributed by atoms with van der Waals surface area (Å²) in [4.78, 5) is 0. The van der Waals surface area contributed by atoms with E-state index >= 15 is 0 Å². The second kappa shape index (κ2) is 7.39. The third kappa shape index (κ3) is 4.72. The molecule has 0 saturated heterocycles. The van der Waals surface area contributed by atoms with Gasteiger partial charge in [0.25, 0.3) is 0 Å². The van der Waals surface area contributed by atoms with Gasteiger partial charge in [0.05, 0.1) is 6.10 Å². The van der Waals surface area contributed by atoms with Gasteiger partial charge >= 0.3 is 0 Å². The quantitative estimate of drug-likeness (QED) is 0.855. The number of rotatable bonds is 6. The Morgan fingerprint density at radius 3 is 2.50 bits per heavy atom. The molecule has 2 nitrogen and oxygen atoms in total. The molecule has 114 valence electrons. The van der Waals surface area contributed by atoms with Gasteiger partial charge < -0.3 is 10.1 Å². The fourth-order valence-corrected chi connectivity index (χ4v) is 2.80. The van der Waals surface area contributed by atoms with Crippen molar-refractivity contribution in [1.29, 1.82) is 0 Å². The second-order valence-electron chi connectivity index (χ2n) is 6.13. The summed E-state index contributed by atoms with van der Waals surface area (Å²) >= 11 is 5.96. The average Bonchev–Trinajstić information content (AvgIpc) is 2.33. The van der Waals surface area contributed by atoms with Gasteiger partial charge in [-0.25, -0.2) is 4.39 Å². The lowest BCUT2D eigenvalue weighted by Gasteiger charge is -2.36. The molecule has 1 aromatic rings. The molecule has 0 heterocycles. The van der Waals surface area contributed by atoms with Crippen molar-refractivity contribution >= 4 is 11.6 Å². The molecule has 0 spiro atoms. The Morgan fingerprint density at radius 2 is 2.00 bits per heavy atom. The van der Waals surface area contributed by atoms with Crippen molar-refractivity contribution in [3.8, 4) is 0 Å². The topological polar surface area (TPSA) is 21.3 Å². The van der Waals surface area contributed by atoms with Gasteiger partial charge in [-0.05, 0) is 42.1 Å². The first kappa shape index (κ1) is 17.4. The highest BCUT2D eigenvalue weighted by Crippen LogP contribution is 2.27. The van der Waals surface area contributed by atoms with E-state index in [2.05, 4.69) is 26.1 Å². The monoisotopic (exact) mass is 301 g/mol. The molecule has 20 heavy (non-hydrogen) atoms. The first-order valence-corrected chi connectivity index (χ1v) is 7.37. The summed E-state index contributed by atoms with van der Waals surface area (Å²) in [5.74, 6) is -0.221. The molecule has 0 bridgehead atoms. The van der Waals surface area contributed by atoms with Crippen LogP contribution in [0.4, 0.5) is 4.39 Å². The summed E-state index contributed by atoms with van der Waals surface area (Å²) in [5.41, 5.74) is 0.589. The van der Waals surface area contributed by atoms with Crippen LogP contribution in [0.3, 0.4) is 0 Å². The Balaban J connectivity index is 2.99. The summed E-state index contributed by atoms with van der Waals surface area (Å²) in [7, 11) is 1.70. The number of likely N-dealkylation sites (N-methyl/N-ethyl adjacent to an activating group) is 1. The van der Waals surface area contributed by atoms with Crippen molar-refractivity contribution in [3.63, 3.8) is 0 Å². The highest BCUT2D eigenvalue weighted by molar-refractivity contribution is 6.30. The largest absolute Gasteiger partial charge is 0.379 e. The number of ether oxygens (including phenoxy) is 1. The lowest BCUT2D eigenvalue weighted by atomic mass is 9.82. The van der Waals surface area contributed by atoms with E-state index in [1.54, 1.807) is 19.2 Å². The van der Waals surface area contributed by atoms with E-state index in [0.29, 0.717) is 17.0 Å². The zero-order valence-corrected chi connectivity index (χ0v) is 13.7. The average molecular weight is 302 g/mol. The van der Waals surface area contributed by atoms with Crippen LogP contribution >= 0.6 is 11.6 Å². The van der Waals surface area contributed by atoms with Crippen LogP contribution in [-0.4, -0.2) is 25.8 Å². The van der Waals surface area contributed by atoms with Crippen LogP contribution in [0, 0.1) is 11.2 Å². The van der Waals surface area contributed by atoms with E-state index in [9.17, 15) is 4.39 Å². The highest BCUT2D eigenvalue weighted by Gasteiger charge is 2.32. The fourth-order valence-electron chi connectivity index (χ4n) is 2.61. The van der Waals surface area contributed by atoms with E-state index in [1.165, 1.54) is 6.07 Å². The minimum absolute atomic E-state index is 0.0131. The second-order valence-corrected chi connectivity index (χ2v) is 6.56. The summed E-state index contributed by atoms with van der Waals surface area (Å²) in [5, 5.41) is 3.96. The minimum atomic E-state index is -0.221. The molecule has 0 aliphatic heterocycles. The lowest BCUT2D eigenvalue weighted by Crippen LogP contribution is -2.49. The molecule has 0 aliphatic carbocycles. The van der Waals surface area contributed by atoms with Crippen LogP contribution in [0.25, 0.3) is 0 Å². The first-order valence-electron chi connectivity index (χ1n) is 6.99. The van der Waals surface area contributed by atoms with Crippen molar-refractivity contribution in [2.24, 2.45) is 5.41 Å². The van der Waals surface area contributed by atoms with Gasteiger partial charge in [-0.2, -0.15) is 0 Å². The zero-order chi connectivity index (χ0) is 15.3. The number of methoxy groups -OCH3 is 1. The molecular weight excluding hydrogens is 277 g/mol. The molecule has 0 radical (unpaired) electrons. The van der Waals surface area contributed by atoms with Crippen LogP contribution in [0.1, 0.15) is 33.3 Å². The predicted octanol–water partition coefficient (Wildman–Crippen LogP) is 4.06. The third-order valence-corrected chi connectivity index (χ3v) is 3.62. The van der Waals surface area contributed by atoms with Crippen LogP contribution in [0.5, 0.6) is 0 Å². The van der Waals surface area contributed by atoms with E-state index < -0.39 is 0 Å². The first-order chi connectivity index (χ1) is 9.29. The summed E-state index contributed by atoms with van der Waals surface area (Å²) in [6.07, 6.45) is 0.538. The van der Waals surface area contributed by atoms with Crippen molar-refractivity contribution in [3.05, 3.63) is 34.6 Å². The van der Waals surface area contributed by atoms with Gasteiger partial charge in [0.1, 0.15) is 5.82 Å². The zero-order valence-electron chi connectivity index (χ0n) is 13.0.